The van der Waals surface area contributed by atoms with Gasteiger partial charge in [0.1, 0.15) is 6.04 Å². The molecule has 138 valence electrons. The fraction of sp³-hybridized carbons (Fsp3) is 0.421. The zero-order chi connectivity index (χ0) is 18.8. The van der Waals surface area contributed by atoms with Gasteiger partial charge in [-0.05, 0) is 24.4 Å². The van der Waals surface area contributed by atoms with Gasteiger partial charge in [0.25, 0.3) is 0 Å². The van der Waals surface area contributed by atoms with E-state index in [2.05, 4.69) is 16.7 Å². The molecule has 1 saturated heterocycles. The van der Waals surface area contributed by atoms with E-state index in [0.29, 0.717) is 26.1 Å². The summed E-state index contributed by atoms with van der Waals surface area (Å²) in [6.07, 6.45) is 0.338. The van der Waals surface area contributed by atoms with Gasteiger partial charge in [0.15, 0.2) is 0 Å². The van der Waals surface area contributed by atoms with Crippen LogP contribution in [-0.2, 0) is 20.9 Å². The Labute approximate surface area is 152 Å². The van der Waals surface area contributed by atoms with Crippen LogP contribution in [0.15, 0.2) is 30.3 Å². The van der Waals surface area contributed by atoms with Crippen LogP contribution >= 0.6 is 0 Å². The van der Waals surface area contributed by atoms with Crippen molar-refractivity contribution >= 4 is 28.6 Å². The molecular weight excluding hydrogens is 332 g/mol. The Bertz CT molecular complexity index is 858. The second-order valence-electron chi connectivity index (χ2n) is 6.72. The number of carbonyl (C=O) groups excluding carboxylic acids is 3. The summed E-state index contributed by atoms with van der Waals surface area (Å²) in [6.45, 7) is 4.94. The zero-order valence-corrected chi connectivity index (χ0v) is 15.1. The van der Waals surface area contributed by atoms with Gasteiger partial charge in [-0.2, -0.15) is 0 Å². The fourth-order valence-corrected chi connectivity index (χ4v) is 3.64. The molecule has 2 N–H and O–H groups in total. The van der Waals surface area contributed by atoms with Gasteiger partial charge in [-0.3, -0.25) is 14.4 Å². The quantitative estimate of drug-likeness (QED) is 0.882. The number of fused-ring (bicyclic) bond motifs is 1. The molecule has 0 unspecified atom stereocenters. The average Bonchev–Trinajstić information content (AvgIpc) is 2.94. The van der Waals surface area contributed by atoms with Crippen molar-refractivity contribution in [3.8, 4) is 0 Å². The Balaban J connectivity index is 1.67. The van der Waals surface area contributed by atoms with Crippen LogP contribution in [0.1, 0.15) is 19.0 Å². The van der Waals surface area contributed by atoms with Gasteiger partial charge < -0.3 is 20.1 Å². The number of hydrogen-bond acceptors (Lipinski definition) is 3. The molecule has 26 heavy (non-hydrogen) atoms. The average molecular weight is 356 g/mol. The van der Waals surface area contributed by atoms with E-state index in [9.17, 15) is 14.4 Å². The van der Waals surface area contributed by atoms with E-state index in [-0.39, 0.29) is 18.4 Å². The van der Waals surface area contributed by atoms with Crippen molar-refractivity contribution in [3.63, 3.8) is 0 Å². The van der Waals surface area contributed by atoms with Crippen LogP contribution in [-0.4, -0.2) is 57.8 Å². The lowest BCUT2D eigenvalue weighted by Crippen LogP contribution is -2.60. The largest absolute Gasteiger partial charge is 0.368 e. The van der Waals surface area contributed by atoms with Gasteiger partial charge in [0.2, 0.25) is 17.7 Å². The van der Waals surface area contributed by atoms with E-state index in [1.54, 1.807) is 4.90 Å². The zero-order valence-electron chi connectivity index (χ0n) is 15.1. The number of primary amides is 1. The highest BCUT2D eigenvalue weighted by molar-refractivity contribution is 5.87. The molecule has 1 aromatic carbocycles. The predicted octanol–water partition coefficient (Wildman–Crippen LogP) is 0.884. The first-order chi connectivity index (χ1) is 12.4. The standard InChI is InChI=1S/C19H24N4O3/c1-13-11-15-5-3-4-6-16(15)22(13)8-7-18(25)21-9-10-23(14(2)24)17(12-21)19(20)26/h3-6,11,17H,7-10,12H2,1-2H3,(H2,20,26)/t17-/m1/s1. The maximum Gasteiger partial charge on any atom is 0.242 e. The maximum atomic E-state index is 12.6. The van der Waals surface area contributed by atoms with E-state index < -0.39 is 11.9 Å². The Hall–Kier alpha value is -2.83. The van der Waals surface area contributed by atoms with Crippen LogP contribution in [0.4, 0.5) is 0 Å². The summed E-state index contributed by atoms with van der Waals surface area (Å²) in [4.78, 5) is 39.0. The predicted molar refractivity (Wildman–Crippen MR) is 98.2 cm³/mol. The summed E-state index contributed by atoms with van der Waals surface area (Å²) in [5, 5.41) is 1.15. The molecule has 1 aliphatic heterocycles. The second-order valence-corrected chi connectivity index (χ2v) is 6.72. The summed E-state index contributed by atoms with van der Waals surface area (Å²) in [6, 6.07) is 9.43. The molecule has 3 amide bonds. The molecule has 1 fully saturated rings. The van der Waals surface area contributed by atoms with Gasteiger partial charge in [-0.15, -0.1) is 0 Å². The molecule has 2 aromatic rings. The number of rotatable bonds is 4. The summed E-state index contributed by atoms with van der Waals surface area (Å²) in [5.41, 5.74) is 7.63. The number of piperazine rings is 1. The Morgan fingerprint density at radius 2 is 1.92 bits per heavy atom. The number of nitrogens with zero attached hydrogens (tertiary/aromatic N) is 3. The Kier molecular flexibility index (Phi) is 4.97. The lowest BCUT2D eigenvalue weighted by atomic mass is 10.1. The van der Waals surface area contributed by atoms with E-state index in [1.807, 2.05) is 25.1 Å². The van der Waals surface area contributed by atoms with Crippen molar-refractivity contribution in [1.82, 2.24) is 14.4 Å². The smallest absolute Gasteiger partial charge is 0.242 e. The van der Waals surface area contributed by atoms with Gasteiger partial charge in [-0.25, -0.2) is 0 Å². The molecule has 1 aliphatic rings. The number of amides is 3. The highest BCUT2D eigenvalue weighted by Crippen LogP contribution is 2.20. The lowest BCUT2D eigenvalue weighted by Gasteiger charge is -2.39. The van der Waals surface area contributed by atoms with Crippen LogP contribution in [0, 0.1) is 6.92 Å². The summed E-state index contributed by atoms with van der Waals surface area (Å²) in [5.74, 6) is -0.808. The third kappa shape index (κ3) is 3.42. The monoisotopic (exact) mass is 356 g/mol. The van der Waals surface area contributed by atoms with Crippen LogP contribution in [0.25, 0.3) is 10.9 Å². The first kappa shape index (κ1) is 18.0. The van der Waals surface area contributed by atoms with E-state index in [1.165, 1.54) is 11.8 Å². The summed E-state index contributed by atoms with van der Waals surface area (Å²) < 4.78 is 2.13. The van der Waals surface area contributed by atoms with E-state index in [0.717, 1.165) is 16.6 Å². The second kappa shape index (κ2) is 7.19. The van der Waals surface area contributed by atoms with E-state index >= 15 is 0 Å². The third-order valence-electron chi connectivity index (χ3n) is 5.03. The number of benzene rings is 1. The van der Waals surface area contributed by atoms with Crippen molar-refractivity contribution in [1.29, 1.82) is 0 Å². The van der Waals surface area contributed by atoms with Gasteiger partial charge in [0.05, 0.1) is 6.54 Å². The molecule has 0 aliphatic carbocycles. The van der Waals surface area contributed by atoms with Crippen molar-refractivity contribution in [2.75, 3.05) is 19.6 Å². The Morgan fingerprint density at radius 1 is 1.19 bits per heavy atom. The number of nitrogens with two attached hydrogens (primary N) is 1. The molecule has 7 heteroatoms. The third-order valence-corrected chi connectivity index (χ3v) is 5.03. The van der Waals surface area contributed by atoms with Gasteiger partial charge >= 0.3 is 0 Å². The van der Waals surface area contributed by atoms with Crippen molar-refractivity contribution in [3.05, 3.63) is 36.0 Å². The first-order valence-electron chi connectivity index (χ1n) is 8.77. The van der Waals surface area contributed by atoms with Crippen LogP contribution in [0.2, 0.25) is 0 Å². The minimum absolute atomic E-state index is 0.0309. The highest BCUT2D eigenvalue weighted by Gasteiger charge is 2.34. The minimum Gasteiger partial charge on any atom is -0.368 e. The molecule has 0 spiro atoms. The number of carbonyl (C=O) groups is 3. The molecule has 7 nitrogen and oxygen atoms in total. The number of hydrogen-bond donors (Lipinski definition) is 1. The van der Waals surface area contributed by atoms with Crippen molar-refractivity contribution in [2.24, 2.45) is 5.73 Å². The Morgan fingerprint density at radius 3 is 2.62 bits per heavy atom. The molecule has 3 rings (SSSR count). The van der Waals surface area contributed by atoms with Gasteiger partial charge in [-0.1, -0.05) is 18.2 Å². The summed E-state index contributed by atoms with van der Waals surface area (Å²) >= 11 is 0. The topological polar surface area (TPSA) is 88.6 Å². The maximum absolute atomic E-state index is 12.6. The summed E-state index contributed by atoms with van der Waals surface area (Å²) in [7, 11) is 0. The molecule has 1 atom stereocenters. The van der Waals surface area contributed by atoms with Crippen LogP contribution in [0.3, 0.4) is 0 Å². The molecule has 1 aromatic heterocycles. The number of para-hydroxylation sites is 1. The van der Waals surface area contributed by atoms with E-state index in [4.69, 9.17) is 5.73 Å². The lowest BCUT2D eigenvalue weighted by molar-refractivity contribution is -0.146. The van der Waals surface area contributed by atoms with Crippen LogP contribution in [0.5, 0.6) is 0 Å². The molecule has 0 bridgehead atoms. The minimum atomic E-state index is -0.751. The normalized spacial score (nSPS) is 17.5. The van der Waals surface area contributed by atoms with Crippen molar-refractivity contribution < 1.29 is 14.4 Å². The van der Waals surface area contributed by atoms with Gasteiger partial charge in [0, 0.05) is 44.2 Å². The first-order valence-corrected chi connectivity index (χ1v) is 8.77. The number of aromatic nitrogens is 1. The molecule has 0 radical (unpaired) electrons. The number of aryl methyl sites for hydroxylation is 2. The molecule has 2 heterocycles. The fourth-order valence-electron chi connectivity index (χ4n) is 3.64. The van der Waals surface area contributed by atoms with Crippen molar-refractivity contribution in [2.45, 2.75) is 32.9 Å². The van der Waals surface area contributed by atoms with Crippen LogP contribution < -0.4 is 5.73 Å². The highest BCUT2D eigenvalue weighted by atomic mass is 16.2. The SMILES string of the molecule is CC(=O)N1CCN(C(=O)CCn2c(C)cc3ccccc32)C[C@@H]1C(N)=O. The molecular formula is C19H24N4O3. The molecule has 0 saturated carbocycles.